The average Bonchev–Trinajstić information content (AvgIpc) is 3.29. The van der Waals surface area contributed by atoms with Gasteiger partial charge in [0.1, 0.15) is 0 Å². The highest BCUT2D eigenvalue weighted by Gasteiger charge is 2.42. The van der Waals surface area contributed by atoms with Crippen molar-refractivity contribution in [2.24, 2.45) is 0 Å². The van der Waals surface area contributed by atoms with E-state index in [1.807, 2.05) is 0 Å². The molecule has 0 bridgehead atoms. The van der Waals surface area contributed by atoms with E-state index >= 15 is 0 Å². The first-order chi connectivity index (χ1) is 11.0. The van der Waals surface area contributed by atoms with Crippen molar-refractivity contribution in [2.45, 2.75) is 31.3 Å². The molecule has 3 rings (SSSR count). The number of rotatable bonds is 5. The number of hydrogen-bond donors (Lipinski definition) is 0. The molecule has 0 unspecified atom stereocenters. The third-order valence-corrected chi connectivity index (χ3v) is 5.80. The Balaban J connectivity index is 1.60. The highest BCUT2D eigenvalue weighted by atomic mass is 32.2. The van der Waals surface area contributed by atoms with E-state index in [-0.39, 0.29) is 41.7 Å². The van der Waals surface area contributed by atoms with E-state index < -0.39 is 15.8 Å². The second-order valence-corrected chi connectivity index (χ2v) is 8.14. The minimum atomic E-state index is -3.06. The SMILES string of the molecule is O=C(OCC(=O)N(C1CC1)[C@H]1CCS(=O)(=O)C1)c1cccnc1. The predicted octanol–water partition coefficient (Wildman–Crippen LogP) is 0.416. The number of carbonyl (C=O) groups excluding carboxylic acids is 2. The van der Waals surface area contributed by atoms with Crippen LogP contribution in [-0.4, -0.2) is 60.4 Å². The van der Waals surface area contributed by atoms with E-state index in [0.29, 0.717) is 6.42 Å². The maximum Gasteiger partial charge on any atom is 0.340 e. The number of carbonyl (C=O) groups is 2. The van der Waals surface area contributed by atoms with Crippen molar-refractivity contribution in [2.75, 3.05) is 18.1 Å². The van der Waals surface area contributed by atoms with Gasteiger partial charge in [0.25, 0.3) is 5.91 Å². The first-order valence-electron chi connectivity index (χ1n) is 7.55. The summed E-state index contributed by atoms with van der Waals surface area (Å²) in [6.07, 6.45) is 5.12. The van der Waals surface area contributed by atoms with Crippen molar-refractivity contribution in [1.29, 1.82) is 0 Å². The van der Waals surface area contributed by atoms with Crippen LogP contribution < -0.4 is 0 Å². The summed E-state index contributed by atoms with van der Waals surface area (Å²) >= 11 is 0. The van der Waals surface area contributed by atoms with E-state index in [9.17, 15) is 18.0 Å². The number of ether oxygens (including phenoxy) is 1. The Morgan fingerprint density at radius 3 is 2.61 bits per heavy atom. The van der Waals surface area contributed by atoms with Crippen LogP contribution in [0.25, 0.3) is 0 Å². The Labute approximate surface area is 134 Å². The van der Waals surface area contributed by atoms with E-state index in [1.165, 1.54) is 12.4 Å². The van der Waals surface area contributed by atoms with Crippen LogP contribution in [-0.2, 0) is 19.4 Å². The predicted molar refractivity (Wildman–Crippen MR) is 81.4 cm³/mol. The van der Waals surface area contributed by atoms with Gasteiger partial charge >= 0.3 is 5.97 Å². The minimum Gasteiger partial charge on any atom is -0.452 e. The molecule has 1 atom stereocenters. The van der Waals surface area contributed by atoms with Gasteiger partial charge in [-0.15, -0.1) is 0 Å². The second kappa shape index (κ2) is 6.27. The molecule has 0 aromatic carbocycles. The van der Waals surface area contributed by atoms with Crippen molar-refractivity contribution < 1.29 is 22.7 Å². The molecule has 23 heavy (non-hydrogen) atoms. The minimum absolute atomic E-state index is 0.00575. The number of nitrogens with zero attached hydrogens (tertiary/aromatic N) is 2. The Kier molecular flexibility index (Phi) is 4.34. The molecule has 124 valence electrons. The summed E-state index contributed by atoms with van der Waals surface area (Å²) < 4.78 is 28.3. The molecular formula is C15H18N2O5S. The van der Waals surface area contributed by atoms with Crippen LogP contribution >= 0.6 is 0 Å². The van der Waals surface area contributed by atoms with Gasteiger partial charge < -0.3 is 9.64 Å². The van der Waals surface area contributed by atoms with Crippen molar-refractivity contribution in [3.8, 4) is 0 Å². The fourth-order valence-electron chi connectivity index (χ4n) is 2.82. The molecule has 1 aromatic rings. The van der Waals surface area contributed by atoms with Crippen LogP contribution in [0.3, 0.4) is 0 Å². The molecule has 0 spiro atoms. The Hall–Kier alpha value is -1.96. The molecule has 2 aliphatic rings. The normalized spacial score (nSPS) is 22.5. The smallest absolute Gasteiger partial charge is 0.340 e. The second-order valence-electron chi connectivity index (χ2n) is 5.91. The standard InChI is InChI=1S/C15H18N2O5S/c18-14(9-22-15(19)11-2-1-6-16-8-11)17(12-3-4-12)13-5-7-23(20,21)10-13/h1-2,6,8,12-13H,3-5,7,9-10H2/t13-/m0/s1. The molecule has 2 heterocycles. The van der Waals surface area contributed by atoms with Gasteiger partial charge in [0.15, 0.2) is 16.4 Å². The number of amides is 1. The lowest BCUT2D eigenvalue weighted by atomic mass is 10.2. The summed E-state index contributed by atoms with van der Waals surface area (Å²) in [6.45, 7) is -0.374. The summed E-state index contributed by atoms with van der Waals surface area (Å²) in [5.74, 6) is -0.816. The first-order valence-corrected chi connectivity index (χ1v) is 9.37. The topological polar surface area (TPSA) is 93.6 Å². The van der Waals surface area contributed by atoms with Crippen LogP contribution in [0.2, 0.25) is 0 Å². The Bertz CT molecular complexity index is 700. The van der Waals surface area contributed by atoms with Crippen LogP contribution in [0, 0.1) is 0 Å². The molecule has 1 aliphatic heterocycles. The largest absolute Gasteiger partial charge is 0.452 e. The molecule has 0 radical (unpaired) electrons. The van der Waals surface area contributed by atoms with Gasteiger partial charge in [-0.3, -0.25) is 9.78 Å². The third kappa shape index (κ3) is 3.87. The summed E-state index contributed by atoms with van der Waals surface area (Å²) in [6, 6.07) is 2.95. The highest BCUT2D eigenvalue weighted by Crippen LogP contribution is 2.32. The molecular weight excluding hydrogens is 320 g/mol. The van der Waals surface area contributed by atoms with Gasteiger partial charge in [-0.1, -0.05) is 0 Å². The zero-order valence-corrected chi connectivity index (χ0v) is 13.4. The summed E-state index contributed by atoms with van der Waals surface area (Å²) in [5, 5.41) is 0. The fourth-order valence-corrected chi connectivity index (χ4v) is 4.53. The Morgan fingerprint density at radius 2 is 2.04 bits per heavy atom. The Morgan fingerprint density at radius 1 is 1.26 bits per heavy atom. The van der Waals surface area contributed by atoms with Crippen molar-refractivity contribution >= 4 is 21.7 Å². The summed E-state index contributed by atoms with van der Waals surface area (Å²) in [7, 11) is -3.06. The molecule has 1 aliphatic carbocycles. The lowest BCUT2D eigenvalue weighted by molar-refractivity contribution is -0.137. The molecule has 1 amide bonds. The first kappa shape index (κ1) is 15.9. The van der Waals surface area contributed by atoms with Gasteiger partial charge in [0, 0.05) is 24.5 Å². The molecule has 2 fully saturated rings. The maximum atomic E-state index is 12.4. The van der Waals surface area contributed by atoms with Crippen LogP contribution in [0.5, 0.6) is 0 Å². The lowest BCUT2D eigenvalue weighted by Crippen LogP contribution is -2.44. The van der Waals surface area contributed by atoms with Gasteiger partial charge in [0.2, 0.25) is 0 Å². The lowest BCUT2D eigenvalue weighted by Gasteiger charge is -2.28. The van der Waals surface area contributed by atoms with Gasteiger partial charge in [-0.25, -0.2) is 13.2 Å². The molecule has 0 N–H and O–H groups in total. The van der Waals surface area contributed by atoms with Gasteiger partial charge in [0.05, 0.1) is 17.1 Å². The quantitative estimate of drug-likeness (QED) is 0.722. The average molecular weight is 338 g/mol. The number of esters is 1. The number of sulfone groups is 1. The third-order valence-electron chi connectivity index (χ3n) is 4.05. The van der Waals surface area contributed by atoms with Crippen molar-refractivity contribution in [3.05, 3.63) is 30.1 Å². The zero-order valence-electron chi connectivity index (χ0n) is 12.6. The summed E-state index contributed by atoms with van der Waals surface area (Å²) in [5.41, 5.74) is 0.279. The van der Waals surface area contributed by atoms with E-state index in [1.54, 1.807) is 17.0 Å². The fraction of sp³-hybridized carbons (Fsp3) is 0.533. The molecule has 1 aromatic heterocycles. The molecule has 7 nitrogen and oxygen atoms in total. The van der Waals surface area contributed by atoms with Gasteiger partial charge in [-0.2, -0.15) is 0 Å². The zero-order chi connectivity index (χ0) is 16.4. The van der Waals surface area contributed by atoms with Crippen molar-refractivity contribution in [1.82, 2.24) is 9.88 Å². The van der Waals surface area contributed by atoms with Gasteiger partial charge in [-0.05, 0) is 31.4 Å². The monoisotopic (exact) mass is 338 g/mol. The molecule has 1 saturated carbocycles. The van der Waals surface area contributed by atoms with E-state index in [0.717, 1.165) is 12.8 Å². The summed E-state index contributed by atoms with van der Waals surface area (Å²) in [4.78, 5) is 29.7. The van der Waals surface area contributed by atoms with E-state index in [2.05, 4.69) is 4.98 Å². The number of hydrogen-bond acceptors (Lipinski definition) is 6. The number of aromatic nitrogens is 1. The van der Waals surface area contributed by atoms with Crippen LogP contribution in [0.1, 0.15) is 29.6 Å². The molecule has 8 heteroatoms. The highest BCUT2D eigenvalue weighted by molar-refractivity contribution is 7.91. The van der Waals surface area contributed by atoms with E-state index in [4.69, 9.17) is 4.74 Å². The van der Waals surface area contributed by atoms with Crippen LogP contribution in [0.15, 0.2) is 24.5 Å². The maximum absolute atomic E-state index is 12.4. The van der Waals surface area contributed by atoms with Crippen LogP contribution in [0.4, 0.5) is 0 Å². The molecule has 1 saturated heterocycles. The number of pyridine rings is 1. The van der Waals surface area contributed by atoms with Crippen molar-refractivity contribution in [3.63, 3.8) is 0 Å².